The molecule has 0 radical (unpaired) electrons. The van der Waals surface area contributed by atoms with E-state index in [1.807, 2.05) is 20.8 Å². The number of rotatable bonds is 6. The summed E-state index contributed by atoms with van der Waals surface area (Å²) in [6.45, 7) is 6.01. The summed E-state index contributed by atoms with van der Waals surface area (Å²) in [6.07, 6.45) is 0. The Hall–Kier alpha value is -3.42. The highest BCUT2D eigenvalue weighted by Gasteiger charge is 2.18. The van der Waals surface area contributed by atoms with Crippen LogP contribution in [0.4, 0.5) is 5.69 Å². The van der Waals surface area contributed by atoms with Gasteiger partial charge in [-0.05, 0) is 39.0 Å². The van der Waals surface area contributed by atoms with Crippen molar-refractivity contribution in [3.05, 3.63) is 47.3 Å². The molecule has 28 heavy (non-hydrogen) atoms. The molecule has 0 bridgehead atoms. The number of fused-ring (bicyclic) bond motifs is 1. The van der Waals surface area contributed by atoms with Gasteiger partial charge in [-0.15, -0.1) is 0 Å². The molecule has 3 aromatic rings. The quantitative estimate of drug-likeness (QED) is 0.683. The van der Waals surface area contributed by atoms with Gasteiger partial charge in [0.25, 0.3) is 11.8 Å². The largest absolute Gasteiger partial charge is 0.484 e. The smallest absolute Gasteiger partial charge is 0.257 e. The van der Waals surface area contributed by atoms with Crippen LogP contribution in [-0.2, 0) is 11.8 Å². The Morgan fingerprint density at radius 1 is 1.21 bits per heavy atom. The molecule has 8 heteroatoms. The van der Waals surface area contributed by atoms with E-state index in [1.165, 1.54) is 0 Å². The molecule has 3 rings (SSSR count). The first-order chi connectivity index (χ1) is 13.4. The third kappa shape index (κ3) is 4.11. The number of benzene rings is 1. The van der Waals surface area contributed by atoms with Gasteiger partial charge in [0.15, 0.2) is 12.3 Å². The van der Waals surface area contributed by atoms with Gasteiger partial charge in [-0.2, -0.15) is 5.10 Å². The van der Waals surface area contributed by atoms with Crippen molar-refractivity contribution in [3.8, 4) is 5.75 Å². The Morgan fingerprint density at radius 2 is 2.00 bits per heavy atom. The maximum Gasteiger partial charge on any atom is 0.257 e. The average molecular weight is 381 g/mol. The van der Waals surface area contributed by atoms with Crippen LogP contribution in [0.1, 0.15) is 28.7 Å². The first kappa shape index (κ1) is 19.3. The predicted molar refractivity (Wildman–Crippen MR) is 107 cm³/mol. The molecular formula is C20H23N5O3. The molecule has 0 saturated carbocycles. The van der Waals surface area contributed by atoms with E-state index in [0.29, 0.717) is 29.2 Å². The maximum absolute atomic E-state index is 12.9. The van der Waals surface area contributed by atoms with Crippen LogP contribution in [0.25, 0.3) is 11.0 Å². The van der Waals surface area contributed by atoms with Crippen LogP contribution in [0, 0.1) is 13.8 Å². The van der Waals surface area contributed by atoms with Gasteiger partial charge in [0.05, 0.1) is 16.6 Å². The molecule has 0 saturated heterocycles. The van der Waals surface area contributed by atoms with Crippen molar-refractivity contribution in [2.24, 2.45) is 7.05 Å². The molecular weight excluding hydrogens is 358 g/mol. The maximum atomic E-state index is 12.9. The molecule has 0 aliphatic rings. The summed E-state index contributed by atoms with van der Waals surface area (Å²) in [5.41, 5.74) is 3.24. The van der Waals surface area contributed by atoms with Crippen molar-refractivity contribution >= 4 is 28.5 Å². The fraction of sp³-hybridized carbons (Fsp3) is 0.300. The zero-order chi connectivity index (χ0) is 20.3. The standard InChI is InChI=1S/C20H23N5O3/c1-5-21-17(26)11-28-15-8-6-7-14(10-15)23-20(27)16-9-12(2)22-19-18(16)13(3)24-25(19)4/h6-10H,5,11H2,1-4H3,(H,21,26)(H,23,27). The Morgan fingerprint density at radius 3 is 2.75 bits per heavy atom. The topological polar surface area (TPSA) is 98.1 Å². The Kier molecular flexibility index (Phi) is 5.58. The number of amides is 2. The lowest BCUT2D eigenvalue weighted by molar-refractivity contribution is -0.122. The second-order valence-electron chi connectivity index (χ2n) is 6.44. The van der Waals surface area contributed by atoms with E-state index < -0.39 is 0 Å². The Bertz CT molecular complexity index is 1040. The molecule has 8 nitrogen and oxygen atoms in total. The van der Waals surface area contributed by atoms with Crippen LogP contribution in [0.3, 0.4) is 0 Å². The number of ether oxygens (including phenoxy) is 1. The Balaban J connectivity index is 1.81. The highest BCUT2D eigenvalue weighted by atomic mass is 16.5. The normalized spacial score (nSPS) is 10.7. The predicted octanol–water partition coefficient (Wildman–Crippen LogP) is 2.35. The lowest BCUT2D eigenvalue weighted by atomic mass is 10.1. The number of pyridine rings is 1. The van der Waals surface area contributed by atoms with E-state index in [0.717, 1.165) is 16.8 Å². The van der Waals surface area contributed by atoms with Gasteiger partial charge in [0, 0.05) is 31.0 Å². The second kappa shape index (κ2) is 8.08. The van der Waals surface area contributed by atoms with Crippen LogP contribution in [0.5, 0.6) is 5.75 Å². The van der Waals surface area contributed by atoms with Crippen molar-refractivity contribution in [2.45, 2.75) is 20.8 Å². The number of hydrogen-bond acceptors (Lipinski definition) is 5. The van der Waals surface area contributed by atoms with E-state index in [9.17, 15) is 9.59 Å². The van der Waals surface area contributed by atoms with Crippen molar-refractivity contribution in [3.63, 3.8) is 0 Å². The molecule has 0 unspecified atom stereocenters. The minimum atomic E-state index is -0.257. The number of nitrogens with zero attached hydrogens (tertiary/aromatic N) is 3. The molecule has 0 aliphatic carbocycles. The third-order valence-corrected chi connectivity index (χ3v) is 4.18. The van der Waals surface area contributed by atoms with Crippen molar-refractivity contribution < 1.29 is 14.3 Å². The van der Waals surface area contributed by atoms with Crippen LogP contribution in [0.15, 0.2) is 30.3 Å². The molecule has 1 aromatic carbocycles. The van der Waals surface area contributed by atoms with Crippen molar-refractivity contribution in [1.29, 1.82) is 0 Å². The molecule has 2 N–H and O–H groups in total. The van der Waals surface area contributed by atoms with Crippen LogP contribution in [0.2, 0.25) is 0 Å². The number of aromatic nitrogens is 3. The van der Waals surface area contributed by atoms with Crippen molar-refractivity contribution in [1.82, 2.24) is 20.1 Å². The van der Waals surface area contributed by atoms with E-state index >= 15 is 0 Å². The highest BCUT2D eigenvalue weighted by Crippen LogP contribution is 2.24. The number of aryl methyl sites for hydroxylation is 3. The minimum absolute atomic E-state index is 0.0791. The van der Waals surface area contributed by atoms with Gasteiger partial charge in [-0.1, -0.05) is 6.07 Å². The number of carbonyl (C=O) groups excluding carboxylic acids is 2. The first-order valence-electron chi connectivity index (χ1n) is 9.01. The summed E-state index contributed by atoms with van der Waals surface area (Å²) < 4.78 is 7.14. The summed E-state index contributed by atoms with van der Waals surface area (Å²) in [6, 6.07) is 8.68. The van der Waals surface area contributed by atoms with E-state index in [1.54, 1.807) is 42.1 Å². The molecule has 2 heterocycles. The summed E-state index contributed by atoms with van der Waals surface area (Å²) in [4.78, 5) is 28.9. The summed E-state index contributed by atoms with van der Waals surface area (Å²) >= 11 is 0. The van der Waals surface area contributed by atoms with Gasteiger partial charge in [0.1, 0.15) is 5.75 Å². The lowest BCUT2D eigenvalue weighted by Crippen LogP contribution is -2.28. The number of nitrogens with one attached hydrogen (secondary N) is 2. The van der Waals surface area contributed by atoms with Crippen LogP contribution in [-0.4, -0.2) is 39.7 Å². The molecule has 0 fully saturated rings. The lowest BCUT2D eigenvalue weighted by Gasteiger charge is -2.10. The second-order valence-corrected chi connectivity index (χ2v) is 6.44. The van der Waals surface area contributed by atoms with Gasteiger partial charge in [0.2, 0.25) is 0 Å². The molecule has 2 amide bonds. The summed E-state index contributed by atoms with van der Waals surface area (Å²) in [5, 5.41) is 10.6. The first-order valence-corrected chi connectivity index (χ1v) is 9.01. The summed E-state index contributed by atoms with van der Waals surface area (Å²) in [5.74, 6) is 0.0452. The SMILES string of the molecule is CCNC(=O)COc1cccc(NC(=O)c2cc(C)nc3c2c(C)nn3C)c1. The fourth-order valence-corrected chi connectivity index (χ4v) is 3.01. The van der Waals surface area contributed by atoms with E-state index in [2.05, 4.69) is 20.7 Å². The van der Waals surface area contributed by atoms with Gasteiger partial charge >= 0.3 is 0 Å². The molecule has 0 atom stereocenters. The summed E-state index contributed by atoms with van der Waals surface area (Å²) in [7, 11) is 1.80. The molecule has 0 spiro atoms. The molecule has 2 aromatic heterocycles. The Labute approximate surface area is 162 Å². The number of anilines is 1. The zero-order valence-corrected chi connectivity index (χ0v) is 16.4. The minimum Gasteiger partial charge on any atom is -0.484 e. The van der Waals surface area contributed by atoms with E-state index in [-0.39, 0.29) is 18.4 Å². The van der Waals surface area contributed by atoms with Gasteiger partial charge in [-0.25, -0.2) is 4.98 Å². The highest BCUT2D eigenvalue weighted by molar-refractivity contribution is 6.12. The molecule has 146 valence electrons. The molecule has 0 aliphatic heterocycles. The van der Waals surface area contributed by atoms with Gasteiger partial charge in [-0.3, -0.25) is 14.3 Å². The van der Waals surface area contributed by atoms with Gasteiger partial charge < -0.3 is 15.4 Å². The van der Waals surface area contributed by atoms with Crippen molar-refractivity contribution in [2.75, 3.05) is 18.5 Å². The zero-order valence-electron chi connectivity index (χ0n) is 16.4. The number of likely N-dealkylation sites (N-methyl/N-ethyl adjacent to an activating group) is 1. The van der Waals surface area contributed by atoms with Crippen LogP contribution < -0.4 is 15.4 Å². The number of hydrogen-bond donors (Lipinski definition) is 2. The number of carbonyl (C=O) groups is 2. The monoisotopic (exact) mass is 381 g/mol. The fourth-order valence-electron chi connectivity index (χ4n) is 3.01. The van der Waals surface area contributed by atoms with E-state index in [4.69, 9.17) is 4.74 Å². The average Bonchev–Trinajstić information content (AvgIpc) is 2.93. The third-order valence-electron chi connectivity index (χ3n) is 4.18. The van der Waals surface area contributed by atoms with Crippen LogP contribution >= 0.6 is 0 Å².